The lowest BCUT2D eigenvalue weighted by molar-refractivity contribution is -0.383. The summed E-state index contributed by atoms with van der Waals surface area (Å²) in [6.45, 7) is 0.144. The number of amides is 2. The molecular formula is C17H15N5O4S. The quantitative estimate of drug-likeness (QED) is 0.383. The number of para-hydroxylation sites is 2. The molecule has 2 aromatic heterocycles. The maximum atomic E-state index is 12.2. The molecule has 27 heavy (non-hydrogen) atoms. The topological polar surface area (TPSA) is 119 Å². The van der Waals surface area contributed by atoms with E-state index >= 15 is 0 Å². The third-order valence-corrected chi connectivity index (χ3v) is 4.70. The first-order chi connectivity index (χ1) is 13.1. The number of rotatable bonds is 6. The Balaban J connectivity index is 1.66. The minimum absolute atomic E-state index is 0.0375. The van der Waals surface area contributed by atoms with Gasteiger partial charge in [0.05, 0.1) is 4.92 Å². The number of thiophene rings is 1. The minimum Gasteiger partial charge on any atom is -0.345 e. The molecule has 0 aliphatic rings. The molecule has 138 valence electrons. The molecule has 9 nitrogen and oxygen atoms in total. The summed E-state index contributed by atoms with van der Waals surface area (Å²) in [6, 6.07) is 10.9. The first-order valence-electron chi connectivity index (χ1n) is 7.91. The van der Waals surface area contributed by atoms with Crippen molar-refractivity contribution in [3.05, 3.63) is 75.2 Å². The van der Waals surface area contributed by atoms with Gasteiger partial charge in [0.15, 0.2) is 0 Å². The Morgan fingerprint density at radius 3 is 2.67 bits per heavy atom. The number of aromatic nitrogens is 2. The fraction of sp³-hybridized carbons (Fsp3) is 0.118. The highest BCUT2D eigenvalue weighted by molar-refractivity contribution is 7.10. The van der Waals surface area contributed by atoms with E-state index in [0.717, 1.165) is 4.88 Å². The number of nitrogens with zero attached hydrogens (tertiary/aromatic N) is 3. The highest BCUT2D eigenvalue weighted by Crippen LogP contribution is 2.23. The third-order valence-electron chi connectivity index (χ3n) is 3.73. The van der Waals surface area contributed by atoms with Crippen LogP contribution in [0.3, 0.4) is 0 Å². The lowest BCUT2D eigenvalue weighted by Crippen LogP contribution is -2.38. The van der Waals surface area contributed by atoms with Crippen LogP contribution in [0.15, 0.2) is 60.2 Å². The van der Waals surface area contributed by atoms with E-state index in [1.807, 2.05) is 17.5 Å². The highest BCUT2D eigenvalue weighted by Gasteiger charge is 2.22. The molecule has 2 N–H and O–H groups in total. The van der Waals surface area contributed by atoms with Gasteiger partial charge in [-0.2, -0.15) is 5.10 Å². The zero-order chi connectivity index (χ0) is 19.2. The Morgan fingerprint density at radius 1 is 1.19 bits per heavy atom. The number of nitro benzene ring substituents is 1. The predicted molar refractivity (Wildman–Crippen MR) is 99.4 cm³/mol. The van der Waals surface area contributed by atoms with Crippen molar-refractivity contribution in [3.63, 3.8) is 0 Å². The number of hydrogen-bond donors (Lipinski definition) is 2. The predicted octanol–water partition coefficient (Wildman–Crippen LogP) is 2.20. The number of anilines is 1. The van der Waals surface area contributed by atoms with E-state index in [9.17, 15) is 19.7 Å². The van der Waals surface area contributed by atoms with Crippen molar-refractivity contribution in [3.8, 4) is 0 Å². The van der Waals surface area contributed by atoms with Crippen LogP contribution in [-0.2, 0) is 9.59 Å². The van der Waals surface area contributed by atoms with Crippen molar-refractivity contribution < 1.29 is 14.5 Å². The molecule has 0 saturated carbocycles. The second kappa shape index (κ2) is 8.23. The van der Waals surface area contributed by atoms with Crippen LogP contribution < -0.4 is 10.6 Å². The molecule has 1 atom stereocenters. The monoisotopic (exact) mass is 385 g/mol. The largest absolute Gasteiger partial charge is 0.345 e. The molecule has 0 fully saturated rings. The molecule has 0 radical (unpaired) electrons. The summed E-state index contributed by atoms with van der Waals surface area (Å²) in [7, 11) is 0. The average Bonchev–Trinajstić information content (AvgIpc) is 3.36. The number of nitrogens with one attached hydrogen (secondary N) is 2. The zero-order valence-electron chi connectivity index (χ0n) is 13.9. The number of hydrogen-bond acceptors (Lipinski definition) is 6. The summed E-state index contributed by atoms with van der Waals surface area (Å²) in [5.41, 5.74) is -0.323. The van der Waals surface area contributed by atoms with E-state index in [-0.39, 0.29) is 24.0 Å². The van der Waals surface area contributed by atoms with Gasteiger partial charge in [-0.05, 0) is 23.6 Å². The SMILES string of the molecule is O=C(NCC(c1cccs1)n1cccn1)C(=O)Nc1ccccc1[N+](=O)[O-]. The third kappa shape index (κ3) is 4.36. The van der Waals surface area contributed by atoms with Crippen LogP contribution in [0.1, 0.15) is 10.9 Å². The summed E-state index contributed by atoms with van der Waals surface area (Å²) in [5, 5.41) is 21.9. The van der Waals surface area contributed by atoms with Gasteiger partial charge in [0.25, 0.3) is 5.69 Å². The molecule has 3 rings (SSSR count). The van der Waals surface area contributed by atoms with Gasteiger partial charge in [-0.3, -0.25) is 24.4 Å². The second-order valence-electron chi connectivity index (χ2n) is 5.46. The van der Waals surface area contributed by atoms with Gasteiger partial charge >= 0.3 is 11.8 Å². The van der Waals surface area contributed by atoms with Crippen LogP contribution in [0.4, 0.5) is 11.4 Å². The van der Waals surface area contributed by atoms with E-state index in [1.165, 1.54) is 35.6 Å². The maximum absolute atomic E-state index is 12.2. The summed E-state index contributed by atoms with van der Waals surface area (Å²) in [4.78, 5) is 35.6. The highest BCUT2D eigenvalue weighted by atomic mass is 32.1. The van der Waals surface area contributed by atoms with Crippen molar-refractivity contribution in [2.75, 3.05) is 11.9 Å². The molecule has 0 saturated heterocycles. The first kappa shape index (κ1) is 18.3. The number of carbonyl (C=O) groups is 2. The summed E-state index contributed by atoms with van der Waals surface area (Å²) >= 11 is 1.51. The maximum Gasteiger partial charge on any atom is 0.313 e. The molecule has 2 amide bonds. The van der Waals surface area contributed by atoms with Crippen molar-refractivity contribution >= 4 is 34.5 Å². The molecule has 0 spiro atoms. The molecule has 0 aliphatic carbocycles. The normalized spacial score (nSPS) is 11.6. The fourth-order valence-corrected chi connectivity index (χ4v) is 3.28. The van der Waals surface area contributed by atoms with Crippen LogP contribution in [0.5, 0.6) is 0 Å². The molecule has 1 aromatic carbocycles. The van der Waals surface area contributed by atoms with Crippen molar-refractivity contribution in [2.24, 2.45) is 0 Å². The van der Waals surface area contributed by atoms with Gasteiger partial charge in [0.2, 0.25) is 0 Å². The van der Waals surface area contributed by atoms with E-state index in [2.05, 4.69) is 15.7 Å². The first-order valence-corrected chi connectivity index (χ1v) is 8.79. The van der Waals surface area contributed by atoms with E-state index in [4.69, 9.17) is 0 Å². The fourth-order valence-electron chi connectivity index (χ4n) is 2.46. The van der Waals surface area contributed by atoms with Crippen LogP contribution in [0.2, 0.25) is 0 Å². The Morgan fingerprint density at radius 2 is 2.00 bits per heavy atom. The lowest BCUT2D eigenvalue weighted by Gasteiger charge is -2.17. The average molecular weight is 385 g/mol. The van der Waals surface area contributed by atoms with E-state index < -0.39 is 16.7 Å². The van der Waals surface area contributed by atoms with Crippen LogP contribution >= 0.6 is 11.3 Å². The molecule has 1 unspecified atom stereocenters. The van der Waals surface area contributed by atoms with Gasteiger partial charge in [-0.15, -0.1) is 11.3 Å². The van der Waals surface area contributed by atoms with Gasteiger partial charge in [-0.25, -0.2) is 0 Å². The van der Waals surface area contributed by atoms with E-state index in [1.54, 1.807) is 23.1 Å². The van der Waals surface area contributed by atoms with Gasteiger partial charge in [-0.1, -0.05) is 18.2 Å². The number of carbonyl (C=O) groups excluding carboxylic acids is 2. The van der Waals surface area contributed by atoms with Crippen molar-refractivity contribution in [1.29, 1.82) is 0 Å². The van der Waals surface area contributed by atoms with Gasteiger partial charge in [0.1, 0.15) is 11.7 Å². The summed E-state index contributed by atoms with van der Waals surface area (Å²) in [6.07, 6.45) is 3.40. The van der Waals surface area contributed by atoms with Crippen LogP contribution in [0.25, 0.3) is 0 Å². The van der Waals surface area contributed by atoms with Crippen LogP contribution in [-0.4, -0.2) is 33.1 Å². The van der Waals surface area contributed by atoms with E-state index in [0.29, 0.717) is 0 Å². The Labute approximate surface area is 157 Å². The van der Waals surface area contributed by atoms with Crippen molar-refractivity contribution in [1.82, 2.24) is 15.1 Å². The Hall–Kier alpha value is -3.53. The number of benzene rings is 1. The molecule has 0 aliphatic heterocycles. The second-order valence-corrected chi connectivity index (χ2v) is 6.43. The minimum atomic E-state index is -0.977. The summed E-state index contributed by atoms with van der Waals surface area (Å²) < 4.78 is 1.69. The standard InChI is InChI=1S/C17H15N5O4S/c23-16(17(24)20-12-5-1-2-6-13(12)22(25)26)18-11-14(15-7-3-10-27-15)21-9-4-8-19-21/h1-10,14H,11H2,(H,18,23)(H,20,24). The lowest BCUT2D eigenvalue weighted by atomic mass is 10.2. The smallest absolute Gasteiger partial charge is 0.313 e. The van der Waals surface area contributed by atoms with Crippen LogP contribution in [0, 0.1) is 10.1 Å². The zero-order valence-corrected chi connectivity index (χ0v) is 14.8. The number of nitro groups is 1. The molecule has 2 heterocycles. The summed E-state index contributed by atoms with van der Waals surface area (Å²) in [5.74, 6) is -1.86. The molecule has 3 aromatic rings. The van der Waals surface area contributed by atoms with Crippen molar-refractivity contribution in [2.45, 2.75) is 6.04 Å². The Bertz CT molecular complexity index is 906. The molecule has 10 heteroatoms. The molecule has 0 bridgehead atoms. The van der Waals surface area contributed by atoms with Gasteiger partial charge < -0.3 is 10.6 Å². The van der Waals surface area contributed by atoms with Gasteiger partial charge in [0, 0.05) is 29.9 Å². The Kier molecular flexibility index (Phi) is 5.57. The molecular weight excluding hydrogens is 370 g/mol.